The van der Waals surface area contributed by atoms with E-state index in [1.54, 1.807) is 35.5 Å². The maximum absolute atomic E-state index is 12.4. The Kier molecular flexibility index (Phi) is 5.27. The van der Waals surface area contributed by atoms with Gasteiger partial charge in [0.25, 0.3) is 6.43 Å². The molecular weight excluding hydrogens is 280 g/mol. The van der Waals surface area contributed by atoms with Gasteiger partial charge in [0.05, 0.1) is 16.3 Å². The molecule has 0 saturated heterocycles. The molecule has 0 aromatic heterocycles. The van der Waals surface area contributed by atoms with Crippen molar-refractivity contribution in [2.24, 2.45) is 4.99 Å². The molecule has 0 saturated carbocycles. The zero-order valence-electron chi connectivity index (χ0n) is 9.08. The minimum absolute atomic E-state index is 0.364. The van der Waals surface area contributed by atoms with Gasteiger partial charge in [-0.25, -0.2) is 17.2 Å². The smallest absolute Gasteiger partial charge is 0.224 e. The first kappa shape index (κ1) is 14.6. The lowest BCUT2D eigenvalue weighted by Gasteiger charge is -2.01. The van der Waals surface area contributed by atoms with Crippen LogP contribution in [0.2, 0.25) is 0 Å². The minimum Gasteiger partial charge on any atom is -0.224 e. The summed E-state index contributed by atoms with van der Waals surface area (Å²) in [5.41, 5.74) is -0.394. The quantitative estimate of drug-likeness (QED) is 0.618. The average Bonchev–Trinajstić information content (AvgIpc) is 2.28. The highest BCUT2D eigenvalue weighted by Crippen LogP contribution is 2.15. The number of benzene rings is 1. The molecule has 7 heteroatoms. The van der Waals surface area contributed by atoms with Crippen LogP contribution < -0.4 is 0 Å². The summed E-state index contributed by atoms with van der Waals surface area (Å²) in [5.74, 6) is -0.364. The Bertz CT molecular complexity index is 576. The van der Waals surface area contributed by atoms with E-state index in [1.807, 2.05) is 0 Å². The topological polar surface area (TPSA) is 46.5 Å². The number of thiocarbonyl (C=S) groups is 1. The van der Waals surface area contributed by atoms with Crippen molar-refractivity contribution >= 4 is 27.2 Å². The lowest BCUT2D eigenvalue weighted by atomic mass is 10.2. The van der Waals surface area contributed by atoms with E-state index in [9.17, 15) is 17.2 Å². The van der Waals surface area contributed by atoms with Gasteiger partial charge in [0.1, 0.15) is 5.70 Å². The van der Waals surface area contributed by atoms with Crippen molar-refractivity contribution in [3.8, 4) is 0 Å². The van der Waals surface area contributed by atoms with Crippen molar-refractivity contribution in [1.82, 2.24) is 0 Å². The fourth-order valence-electron chi connectivity index (χ4n) is 1.21. The number of nitrogens with zero attached hydrogens (tertiary/aromatic N) is 1. The number of alkyl halides is 2. The van der Waals surface area contributed by atoms with Crippen LogP contribution in [0.4, 0.5) is 8.78 Å². The lowest BCUT2D eigenvalue weighted by molar-refractivity contribution is 0.188. The molecule has 96 valence electrons. The highest BCUT2D eigenvalue weighted by atomic mass is 32.2. The third-order valence-corrected chi connectivity index (χ3v) is 3.34. The largest absolute Gasteiger partial charge is 0.281 e. The minimum atomic E-state index is -3.82. The molecule has 0 spiro atoms. The molecule has 3 nitrogen and oxygen atoms in total. The van der Waals surface area contributed by atoms with E-state index in [0.717, 1.165) is 0 Å². The predicted octanol–water partition coefficient (Wildman–Crippen LogP) is 2.81. The van der Waals surface area contributed by atoms with Crippen LogP contribution in [-0.4, -0.2) is 20.0 Å². The van der Waals surface area contributed by atoms with Gasteiger partial charge in [0, 0.05) is 0 Å². The molecule has 0 aliphatic rings. The van der Waals surface area contributed by atoms with Crippen LogP contribution in [0.3, 0.4) is 0 Å². The van der Waals surface area contributed by atoms with E-state index < -0.39 is 22.0 Å². The van der Waals surface area contributed by atoms with E-state index in [0.29, 0.717) is 11.0 Å². The van der Waals surface area contributed by atoms with Crippen molar-refractivity contribution in [2.75, 3.05) is 0 Å². The molecule has 0 atom stereocenters. The van der Waals surface area contributed by atoms with E-state index in [4.69, 9.17) is 0 Å². The second kappa shape index (κ2) is 6.49. The number of aliphatic imine (C=N–C) groups is 1. The molecule has 0 fully saturated rings. The fraction of sp³-hybridized carbons (Fsp3) is 0.182. The van der Waals surface area contributed by atoms with E-state index in [2.05, 4.69) is 17.2 Å². The number of halogens is 2. The summed E-state index contributed by atoms with van der Waals surface area (Å²) in [7, 11) is -3.82. The van der Waals surface area contributed by atoms with Gasteiger partial charge in [0.2, 0.25) is 0 Å². The highest BCUT2D eigenvalue weighted by molar-refractivity contribution is 7.93. The van der Waals surface area contributed by atoms with Gasteiger partial charge in [-0.1, -0.05) is 30.3 Å². The second-order valence-corrected chi connectivity index (χ2v) is 5.37. The van der Waals surface area contributed by atoms with Crippen molar-refractivity contribution in [3.63, 3.8) is 0 Å². The van der Waals surface area contributed by atoms with Crippen molar-refractivity contribution in [2.45, 2.75) is 12.2 Å². The van der Waals surface area contributed by atoms with Gasteiger partial charge in [-0.3, -0.25) is 0 Å². The average molecular weight is 289 g/mol. The number of sulfone groups is 1. The molecule has 0 bridgehead atoms. The molecule has 0 aliphatic heterocycles. The molecule has 1 rings (SSSR count). The lowest BCUT2D eigenvalue weighted by Crippen LogP contribution is -2.04. The van der Waals surface area contributed by atoms with Gasteiger partial charge in [0.15, 0.2) is 9.84 Å². The van der Waals surface area contributed by atoms with Crippen molar-refractivity contribution < 1.29 is 17.2 Å². The normalized spacial score (nSPS) is 12.3. The summed E-state index contributed by atoms with van der Waals surface area (Å²) in [6, 6.07) is 8.24. The van der Waals surface area contributed by atoms with Crippen LogP contribution in [0.1, 0.15) is 5.56 Å². The van der Waals surface area contributed by atoms with E-state index in [1.165, 1.54) is 0 Å². The highest BCUT2D eigenvalue weighted by Gasteiger charge is 2.16. The summed E-state index contributed by atoms with van der Waals surface area (Å²) in [6.45, 7) is 0. The number of allylic oxidation sites excluding steroid dienone is 1. The monoisotopic (exact) mass is 289 g/mol. The molecule has 0 aliphatic carbocycles. The maximum Gasteiger partial charge on any atom is 0.281 e. The number of hydrogen-bond acceptors (Lipinski definition) is 4. The molecule has 1 aromatic rings. The number of isothiocyanates is 1. The van der Waals surface area contributed by atoms with Gasteiger partial charge in [-0.05, 0) is 17.8 Å². The van der Waals surface area contributed by atoms with Gasteiger partial charge < -0.3 is 0 Å². The Morgan fingerprint density at radius 2 is 2.00 bits per heavy atom. The first-order valence-corrected chi connectivity index (χ1v) is 6.91. The van der Waals surface area contributed by atoms with Crippen LogP contribution in [0.15, 0.2) is 46.4 Å². The standard InChI is InChI=1S/C11H9F2NO2S2/c12-11(13)10(14-8-17)7-18(15,16)6-9-4-2-1-3-5-9/h1-5,7,11H,6H2/b10-7-. The molecule has 18 heavy (non-hydrogen) atoms. The van der Waals surface area contributed by atoms with E-state index in [-0.39, 0.29) is 5.75 Å². The SMILES string of the molecule is O=S(=O)(/C=C(\N=C=S)C(F)F)Cc1ccccc1. The summed E-state index contributed by atoms with van der Waals surface area (Å²) >= 11 is 4.18. The second-order valence-electron chi connectivity index (χ2n) is 3.34. The summed E-state index contributed by atoms with van der Waals surface area (Å²) in [4.78, 5) is 3.05. The third-order valence-electron chi connectivity index (χ3n) is 1.91. The molecule has 0 heterocycles. The number of hydrogen-bond donors (Lipinski definition) is 0. The first-order valence-electron chi connectivity index (χ1n) is 4.79. The fourth-order valence-corrected chi connectivity index (χ4v) is 2.58. The van der Waals surface area contributed by atoms with Crippen LogP contribution in [0.5, 0.6) is 0 Å². The van der Waals surface area contributed by atoms with E-state index >= 15 is 0 Å². The Morgan fingerprint density at radius 1 is 1.39 bits per heavy atom. The van der Waals surface area contributed by atoms with Crippen molar-refractivity contribution in [1.29, 1.82) is 0 Å². The Balaban J connectivity index is 3.00. The Labute approximate surface area is 109 Å². The maximum atomic E-state index is 12.4. The molecule has 0 unspecified atom stereocenters. The first-order chi connectivity index (χ1) is 8.44. The van der Waals surface area contributed by atoms with Gasteiger partial charge in [-0.15, -0.1) is 0 Å². The zero-order chi connectivity index (χ0) is 13.6. The van der Waals surface area contributed by atoms with Gasteiger partial charge >= 0.3 is 0 Å². The molecule has 0 radical (unpaired) electrons. The Hall–Kier alpha value is -1.43. The number of rotatable bonds is 5. The molecule has 0 amide bonds. The van der Waals surface area contributed by atoms with Crippen LogP contribution in [-0.2, 0) is 15.6 Å². The van der Waals surface area contributed by atoms with Crippen LogP contribution in [0.25, 0.3) is 0 Å². The van der Waals surface area contributed by atoms with Crippen LogP contribution in [0, 0.1) is 0 Å². The van der Waals surface area contributed by atoms with Crippen LogP contribution >= 0.6 is 12.2 Å². The third kappa shape index (κ3) is 4.83. The summed E-state index contributed by atoms with van der Waals surface area (Å²) in [6.07, 6.45) is -3.01. The Morgan fingerprint density at radius 3 is 2.50 bits per heavy atom. The summed E-state index contributed by atoms with van der Waals surface area (Å²) < 4.78 is 48.2. The molecule has 0 N–H and O–H groups in total. The molecule has 1 aromatic carbocycles. The predicted molar refractivity (Wildman–Crippen MR) is 68.2 cm³/mol. The summed E-state index contributed by atoms with van der Waals surface area (Å²) in [5, 5.41) is 2.17. The van der Waals surface area contributed by atoms with Crippen molar-refractivity contribution in [3.05, 3.63) is 47.0 Å². The zero-order valence-corrected chi connectivity index (χ0v) is 10.7. The van der Waals surface area contributed by atoms with Gasteiger partial charge in [-0.2, -0.15) is 4.99 Å². The molecular formula is C11H9F2NO2S2.